The zero-order valence-electron chi connectivity index (χ0n) is 14.2. The fraction of sp³-hybridized carbons (Fsp3) is 0.611. The standard InChI is InChI=1S/C18H28ClN3O/c1-14(2)12-17(20)18(23)22-9-3-8-21(10-11-22)13-15-4-6-16(19)7-5-15/h4-7,14,17H,3,8-13,20H2,1-2H3/t17-/m0/s1. The van der Waals surface area contributed by atoms with Crippen molar-refractivity contribution in [2.45, 2.75) is 39.3 Å². The molecule has 1 aromatic rings. The Morgan fingerprint density at radius 3 is 2.52 bits per heavy atom. The van der Waals surface area contributed by atoms with Gasteiger partial charge in [-0.3, -0.25) is 9.69 Å². The Morgan fingerprint density at radius 1 is 1.17 bits per heavy atom. The van der Waals surface area contributed by atoms with Crippen LogP contribution in [0.1, 0.15) is 32.3 Å². The second-order valence-electron chi connectivity index (χ2n) is 6.82. The number of hydrogen-bond acceptors (Lipinski definition) is 3. The van der Waals surface area contributed by atoms with Crippen molar-refractivity contribution in [3.63, 3.8) is 0 Å². The first-order valence-electron chi connectivity index (χ1n) is 8.47. The molecule has 0 bridgehead atoms. The van der Waals surface area contributed by atoms with E-state index in [0.717, 1.165) is 50.6 Å². The molecule has 1 aliphatic rings. The lowest BCUT2D eigenvalue weighted by atomic mass is 10.0. The largest absolute Gasteiger partial charge is 0.340 e. The van der Waals surface area contributed by atoms with E-state index in [4.69, 9.17) is 17.3 Å². The smallest absolute Gasteiger partial charge is 0.239 e. The third-order valence-corrected chi connectivity index (χ3v) is 4.51. The summed E-state index contributed by atoms with van der Waals surface area (Å²) in [6.45, 7) is 8.57. The highest BCUT2D eigenvalue weighted by molar-refractivity contribution is 6.30. The van der Waals surface area contributed by atoms with E-state index < -0.39 is 0 Å². The number of nitrogens with zero attached hydrogens (tertiary/aromatic N) is 2. The molecular formula is C18H28ClN3O. The molecule has 0 spiro atoms. The predicted molar refractivity (Wildman–Crippen MR) is 95.4 cm³/mol. The van der Waals surface area contributed by atoms with Crippen LogP contribution >= 0.6 is 11.6 Å². The summed E-state index contributed by atoms with van der Waals surface area (Å²) in [6, 6.07) is 7.62. The topological polar surface area (TPSA) is 49.6 Å². The Balaban J connectivity index is 1.86. The average Bonchev–Trinajstić information content (AvgIpc) is 2.74. The molecule has 1 saturated heterocycles. The Hall–Kier alpha value is -1.10. The van der Waals surface area contributed by atoms with Crippen LogP contribution < -0.4 is 5.73 Å². The van der Waals surface area contributed by atoms with Crippen LogP contribution in [0.4, 0.5) is 0 Å². The van der Waals surface area contributed by atoms with E-state index in [1.807, 2.05) is 17.0 Å². The van der Waals surface area contributed by atoms with E-state index in [1.165, 1.54) is 5.56 Å². The highest BCUT2D eigenvalue weighted by Crippen LogP contribution is 2.14. The molecule has 1 heterocycles. The van der Waals surface area contributed by atoms with Gasteiger partial charge in [0.1, 0.15) is 0 Å². The van der Waals surface area contributed by atoms with Gasteiger partial charge in [0.25, 0.3) is 0 Å². The number of carbonyl (C=O) groups excluding carboxylic acids is 1. The molecule has 2 rings (SSSR count). The second-order valence-corrected chi connectivity index (χ2v) is 7.25. The van der Waals surface area contributed by atoms with Crippen LogP contribution in [0.2, 0.25) is 5.02 Å². The highest BCUT2D eigenvalue weighted by atomic mass is 35.5. The van der Waals surface area contributed by atoms with Gasteiger partial charge in [-0.05, 0) is 36.5 Å². The molecule has 0 aromatic heterocycles. The molecule has 1 amide bonds. The van der Waals surface area contributed by atoms with Gasteiger partial charge >= 0.3 is 0 Å². The zero-order chi connectivity index (χ0) is 16.8. The minimum Gasteiger partial charge on any atom is -0.340 e. The summed E-state index contributed by atoms with van der Waals surface area (Å²) in [7, 11) is 0. The molecular weight excluding hydrogens is 310 g/mol. The quantitative estimate of drug-likeness (QED) is 0.898. The number of halogens is 1. The summed E-state index contributed by atoms with van der Waals surface area (Å²) in [5.74, 6) is 0.550. The van der Waals surface area contributed by atoms with Crippen molar-refractivity contribution in [3.8, 4) is 0 Å². The fourth-order valence-electron chi connectivity index (χ4n) is 3.04. The second kappa shape index (κ2) is 8.67. The number of rotatable bonds is 5. The third-order valence-electron chi connectivity index (χ3n) is 4.26. The first-order chi connectivity index (χ1) is 11.0. The van der Waals surface area contributed by atoms with Gasteiger partial charge in [-0.25, -0.2) is 0 Å². The molecule has 23 heavy (non-hydrogen) atoms. The van der Waals surface area contributed by atoms with E-state index >= 15 is 0 Å². The van der Waals surface area contributed by atoms with Gasteiger partial charge in [0, 0.05) is 37.7 Å². The van der Waals surface area contributed by atoms with Crippen molar-refractivity contribution in [2.24, 2.45) is 11.7 Å². The van der Waals surface area contributed by atoms with Crippen LogP contribution in [0.15, 0.2) is 24.3 Å². The molecule has 2 N–H and O–H groups in total. The van der Waals surface area contributed by atoms with Gasteiger partial charge in [-0.1, -0.05) is 37.6 Å². The number of nitrogens with two attached hydrogens (primary N) is 1. The van der Waals surface area contributed by atoms with Crippen LogP contribution in [0, 0.1) is 5.92 Å². The summed E-state index contributed by atoms with van der Waals surface area (Å²) in [4.78, 5) is 16.8. The summed E-state index contributed by atoms with van der Waals surface area (Å²) < 4.78 is 0. The lowest BCUT2D eigenvalue weighted by Gasteiger charge is -2.25. The van der Waals surface area contributed by atoms with Crippen LogP contribution in [0.5, 0.6) is 0 Å². The molecule has 4 nitrogen and oxygen atoms in total. The van der Waals surface area contributed by atoms with E-state index in [1.54, 1.807) is 0 Å². The maximum atomic E-state index is 12.5. The van der Waals surface area contributed by atoms with Gasteiger partial charge in [-0.15, -0.1) is 0 Å². The minimum absolute atomic E-state index is 0.104. The Bertz CT molecular complexity index is 503. The van der Waals surface area contributed by atoms with E-state index in [2.05, 4.69) is 30.9 Å². The molecule has 1 aromatic carbocycles. The van der Waals surface area contributed by atoms with Gasteiger partial charge in [0.15, 0.2) is 0 Å². The molecule has 0 aliphatic carbocycles. The lowest BCUT2D eigenvalue weighted by molar-refractivity contribution is -0.132. The molecule has 128 valence electrons. The monoisotopic (exact) mass is 337 g/mol. The van der Waals surface area contributed by atoms with Crippen molar-refractivity contribution < 1.29 is 4.79 Å². The van der Waals surface area contributed by atoms with Crippen LogP contribution in [-0.4, -0.2) is 47.9 Å². The summed E-state index contributed by atoms with van der Waals surface area (Å²) in [5, 5.41) is 0.764. The average molecular weight is 338 g/mol. The number of carbonyl (C=O) groups is 1. The van der Waals surface area contributed by atoms with Crippen molar-refractivity contribution in [3.05, 3.63) is 34.9 Å². The minimum atomic E-state index is -0.363. The molecule has 0 radical (unpaired) electrons. The van der Waals surface area contributed by atoms with E-state index in [-0.39, 0.29) is 11.9 Å². The zero-order valence-corrected chi connectivity index (χ0v) is 14.9. The van der Waals surface area contributed by atoms with E-state index in [0.29, 0.717) is 5.92 Å². The van der Waals surface area contributed by atoms with Crippen molar-refractivity contribution >= 4 is 17.5 Å². The van der Waals surface area contributed by atoms with Crippen molar-refractivity contribution in [1.29, 1.82) is 0 Å². The molecule has 5 heteroatoms. The van der Waals surface area contributed by atoms with Gasteiger partial charge < -0.3 is 10.6 Å². The maximum absolute atomic E-state index is 12.5. The van der Waals surface area contributed by atoms with Crippen LogP contribution in [0.3, 0.4) is 0 Å². The van der Waals surface area contributed by atoms with Crippen molar-refractivity contribution in [1.82, 2.24) is 9.80 Å². The molecule has 1 atom stereocenters. The Morgan fingerprint density at radius 2 is 1.87 bits per heavy atom. The first kappa shape index (κ1) is 18.2. The molecule has 0 unspecified atom stereocenters. The number of hydrogen-bond donors (Lipinski definition) is 1. The summed E-state index contributed by atoms with van der Waals surface area (Å²) >= 11 is 5.93. The fourth-order valence-corrected chi connectivity index (χ4v) is 3.17. The van der Waals surface area contributed by atoms with Crippen LogP contribution in [-0.2, 0) is 11.3 Å². The first-order valence-corrected chi connectivity index (χ1v) is 8.84. The number of benzene rings is 1. The Kier molecular flexibility index (Phi) is 6.88. The molecule has 1 fully saturated rings. The molecule has 0 saturated carbocycles. The van der Waals surface area contributed by atoms with Crippen molar-refractivity contribution in [2.75, 3.05) is 26.2 Å². The summed E-state index contributed by atoms with van der Waals surface area (Å²) in [6.07, 6.45) is 1.75. The van der Waals surface area contributed by atoms with Crippen LogP contribution in [0.25, 0.3) is 0 Å². The number of amides is 1. The SMILES string of the molecule is CC(C)C[C@H](N)C(=O)N1CCCN(Cc2ccc(Cl)cc2)CC1. The maximum Gasteiger partial charge on any atom is 0.239 e. The predicted octanol–water partition coefficient (Wildman–Crippen LogP) is 2.75. The van der Waals surface area contributed by atoms with Gasteiger partial charge in [-0.2, -0.15) is 0 Å². The normalized spacial score (nSPS) is 18.0. The molecule has 1 aliphatic heterocycles. The highest BCUT2D eigenvalue weighted by Gasteiger charge is 2.24. The third kappa shape index (κ3) is 5.79. The summed E-state index contributed by atoms with van der Waals surface area (Å²) in [5.41, 5.74) is 7.31. The van der Waals surface area contributed by atoms with Gasteiger partial charge in [0.2, 0.25) is 5.91 Å². The Labute approximate surface area is 144 Å². The van der Waals surface area contributed by atoms with E-state index in [9.17, 15) is 4.79 Å². The van der Waals surface area contributed by atoms with Gasteiger partial charge in [0.05, 0.1) is 6.04 Å². The lowest BCUT2D eigenvalue weighted by Crippen LogP contribution is -2.45.